The molecule has 2 rings (SSSR count). The predicted molar refractivity (Wildman–Crippen MR) is 95.6 cm³/mol. The molecule has 6 heteroatoms. The standard InChI is InChI=1S/C16H25N3O.2ClH/c1-13(17)10-16(20)18-11-14-6-2-3-7-15(14)12-19-8-4-5-9-19;;/h2-3,6-7,13H,4-5,8-12,17H2,1H3,(H,18,20);2*1H. The zero-order chi connectivity index (χ0) is 14.4. The van der Waals surface area contributed by atoms with Crippen LogP contribution in [-0.2, 0) is 17.9 Å². The molecule has 3 N–H and O–H groups in total. The number of nitrogens with zero attached hydrogens (tertiary/aromatic N) is 1. The highest BCUT2D eigenvalue weighted by molar-refractivity contribution is 5.85. The second kappa shape index (κ2) is 10.8. The molecule has 126 valence electrons. The molecule has 1 aromatic rings. The van der Waals surface area contributed by atoms with Crippen LogP contribution in [0.2, 0.25) is 0 Å². The monoisotopic (exact) mass is 347 g/mol. The Balaban J connectivity index is 0.00000220. The number of amides is 1. The normalized spacial score (nSPS) is 15.5. The Morgan fingerprint density at radius 3 is 2.41 bits per heavy atom. The first-order chi connectivity index (χ1) is 9.65. The molecule has 4 nitrogen and oxygen atoms in total. The quantitative estimate of drug-likeness (QED) is 0.830. The van der Waals surface area contributed by atoms with Crippen LogP contribution >= 0.6 is 24.8 Å². The average molecular weight is 348 g/mol. The predicted octanol–water partition coefficient (Wildman–Crippen LogP) is 2.48. The molecule has 0 aliphatic carbocycles. The molecule has 0 bridgehead atoms. The van der Waals surface area contributed by atoms with Gasteiger partial charge in [-0.3, -0.25) is 9.69 Å². The fourth-order valence-corrected chi connectivity index (χ4v) is 2.62. The molecule has 0 aromatic heterocycles. The first kappa shape index (κ1) is 21.2. The zero-order valence-corrected chi connectivity index (χ0v) is 14.7. The van der Waals surface area contributed by atoms with Crippen LogP contribution in [-0.4, -0.2) is 29.9 Å². The smallest absolute Gasteiger partial charge is 0.221 e. The first-order valence-electron chi connectivity index (χ1n) is 7.46. The Morgan fingerprint density at radius 2 is 1.82 bits per heavy atom. The fraction of sp³-hybridized carbons (Fsp3) is 0.562. The summed E-state index contributed by atoms with van der Waals surface area (Å²) >= 11 is 0. The minimum Gasteiger partial charge on any atom is -0.352 e. The van der Waals surface area contributed by atoms with Gasteiger partial charge >= 0.3 is 0 Å². The van der Waals surface area contributed by atoms with Crippen molar-refractivity contribution in [1.29, 1.82) is 0 Å². The van der Waals surface area contributed by atoms with Gasteiger partial charge in [0.05, 0.1) is 0 Å². The highest BCUT2D eigenvalue weighted by Gasteiger charge is 2.13. The number of nitrogens with one attached hydrogen (secondary N) is 1. The summed E-state index contributed by atoms with van der Waals surface area (Å²) in [5.41, 5.74) is 8.15. The summed E-state index contributed by atoms with van der Waals surface area (Å²) in [6.07, 6.45) is 2.98. The second-order valence-electron chi connectivity index (χ2n) is 5.71. The lowest BCUT2D eigenvalue weighted by Crippen LogP contribution is -2.30. The van der Waals surface area contributed by atoms with Gasteiger partial charge in [-0.25, -0.2) is 0 Å². The summed E-state index contributed by atoms with van der Waals surface area (Å²) in [4.78, 5) is 14.2. The van der Waals surface area contributed by atoms with Gasteiger partial charge < -0.3 is 11.1 Å². The molecular formula is C16H27Cl2N3O. The minimum absolute atomic E-state index is 0. The molecule has 0 saturated carbocycles. The van der Waals surface area contributed by atoms with Crippen LogP contribution in [0.25, 0.3) is 0 Å². The van der Waals surface area contributed by atoms with Gasteiger partial charge in [0.25, 0.3) is 0 Å². The topological polar surface area (TPSA) is 58.4 Å². The Hall–Kier alpha value is -0.810. The van der Waals surface area contributed by atoms with Gasteiger partial charge in [0.2, 0.25) is 5.91 Å². The number of rotatable bonds is 6. The van der Waals surface area contributed by atoms with Gasteiger partial charge in [-0.1, -0.05) is 24.3 Å². The van der Waals surface area contributed by atoms with Crippen molar-refractivity contribution >= 4 is 30.7 Å². The van der Waals surface area contributed by atoms with Crippen molar-refractivity contribution in [2.45, 2.75) is 45.3 Å². The van der Waals surface area contributed by atoms with Crippen molar-refractivity contribution in [2.24, 2.45) is 5.73 Å². The van der Waals surface area contributed by atoms with E-state index in [2.05, 4.69) is 28.4 Å². The average Bonchev–Trinajstić information content (AvgIpc) is 2.90. The molecule has 1 fully saturated rings. The molecule has 22 heavy (non-hydrogen) atoms. The van der Waals surface area contributed by atoms with Crippen molar-refractivity contribution in [3.05, 3.63) is 35.4 Å². The number of hydrogen-bond donors (Lipinski definition) is 2. The van der Waals surface area contributed by atoms with Crippen molar-refractivity contribution in [3.8, 4) is 0 Å². The minimum atomic E-state index is -0.0881. The Bertz CT molecular complexity index is 449. The van der Waals surface area contributed by atoms with Crippen LogP contribution in [0.1, 0.15) is 37.3 Å². The van der Waals surface area contributed by atoms with Gasteiger partial charge in [-0.15, -0.1) is 24.8 Å². The van der Waals surface area contributed by atoms with Crippen LogP contribution in [0.15, 0.2) is 24.3 Å². The Kier molecular flexibility index (Phi) is 10.4. The SMILES string of the molecule is CC(N)CC(=O)NCc1ccccc1CN1CCCC1.Cl.Cl. The first-order valence-corrected chi connectivity index (χ1v) is 7.46. The van der Waals surface area contributed by atoms with E-state index in [0.29, 0.717) is 13.0 Å². The largest absolute Gasteiger partial charge is 0.352 e. The second-order valence-corrected chi connectivity index (χ2v) is 5.71. The molecular weight excluding hydrogens is 321 g/mol. The van der Waals surface area contributed by atoms with Crippen molar-refractivity contribution < 1.29 is 4.79 Å². The van der Waals surface area contributed by atoms with Crippen LogP contribution in [0.3, 0.4) is 0 Å². The van der Waals surface area contributed by atoms with Crippen molar-refractivity contribution in [1.82, 2.24) is 10.2 Å². The Morgan fingerprint density at radius 1 is 1.23 bits per heavy atom. The van der Waals surface area contributed by atoms with Crippen molar-refractivity contribution in [2.75, 3.05) is 13.1 Å². The summed E-state index contributed by atoms with van der Waals surface area (Å²) in [6, 6.07) is 8.26. The van der Waals surface area contributed by atoms with E-state index >= 15 is 0 Å². The lowest BCUT2D eigenvalue weighted by atomic mass is 10.1. The van der Waals surface area contributed by atoms with E-state index in [1.54, 1.807) is 0 Å². The summed E-state index contributed by atoms with van der Waals surface area (Å²) in [7, 11) is 0. The molecule has 0 radical (unpaired) electrons. The molecule has 1 amide bonds. The number of nitrogens with two attached hydrogens (primary N) is 1. The third-order valence-electron chi connectivity index (χ3n) is 3.69. The third kappa shape index (κ3) is 6.97. The molecule has 1 unspecified atom stereocenters. The van der Waals surface area contributed by atoms with Gasteiger partial charge in [0.15, 0.2) is 0 Å². The number of benzene rings is 1. The summed E-state index contributed by atoms with van der Waals surface area (Å²) < 4.78 is 0. The van der Waals surface area contributed by atoms with E-state index in [1.807, 2.05) is 13.0 Å². The molecule has 1 aliphatic rings. The molecule has 1 saturated heterocycles. The van der Waals surface area contributed by atoms with Gasteiger partial charge in [-0.2, -0.15) is 0 Å². The highest BCUT2D eigenvalue weighted by atomic mass is 35.5. The number of halogens is 2. The van der Waals surface area contributed by atoms with E-state index in [1.165, 1.54) is 37.1 Å². The van der Waals surface area contributed by atoms with E-state index in [4.69, 9.17) is 5.73 Å². The van der Waals surface area contributed by atoms with Crippen LogP contribution in [0.4, 0.5) is 0 Å². The van der Waals surface area contributed by atoms with Gasteiger partial charge in [-0.05, 0) is 44.0 Å². The molecule has 0 spiro atoms. The molecule has 1 aromatic carbocycles. The molecule has 1 atom stereocenters. The maximum absolute atomic E-state index is 11.7. The lowest BCUT2D eigenvalue weighted by Gasteiger charge is -2.18. The van der Waals surface area contributed by atoms with Crippen LogP contribution in [0.5, 0.6) is 0 Å². The van der Waals surface area contributed by atoms with Crippen LogP contribution in [0, 0.1) is 0 Å². The number of carbonyl (C=O) groups is 1. The maximum atomic E-state index is 11.7. The van der Waals surface area contributed by atoms with E-state index in [9.17, 15) is 4.79 Å². The molecule has 1 heterocycles. The fourth-order valence-electron chi connectivity index (χ4n) is 2.62. The van der Waals surface area contributed by atoms with Gasteiger partial charge in [0.1, 0.15) is 0 Å². The third-order valence-corrected chi connectivity index (χ3v) is 3.69. The Labute approximate surface area is 145 Å². The van der Waals surface area contributed by atoms with Crippen LogP contribution < -0.4 is 11.1 Å². The summed E-state index contributed by atoms with van der Waals surface area (Å²) in [5, 5.41) is 2.96. The van der Waals surface area contributed by atoms with E-state index in [0.717, 1.165) is 6.54 Å². The number of carbonyl (C=O) groups excluding carboxylic acids is 1. The van der Waals surface area contributed by atoms with E-state index < -0.39 is 0 Å². The maximum Gasteiger partial charge on any atom is 0.221 e. The summed E-state index contributed by atoms with van der Waals surface area (Å²) in [5.74, 6) is 0.0241. The molecule has 1 aliphatic heterocycles. The zero-order valence-electron chi connectivity index (χ0n) is 13.1. The lowest BCUT2D eigenvalue weighted by molar-refractivity contribution is -0.121. The number of likely N-dealkylation sites (tertiary alicyclic amines) is 1. The number of hydrogen-bond acceptors (Lipinski definition) is 3. The summed E-state index contributed by atoms with van der Waals surface area (Å²) in [6.45, 7) is 5.80. The van der Waals surface area contributed by atoms with Crippen molar-refractivity contribution in [3.63, 3.8) is 0 Å². The highest BCUT2D eigenvalue weighted by Crippen LogP contribution is 2.16. The van der Waals surface area contributed by atoms with Gasteiger partial charge in [0, 0.05) is 25.6 Å². The van der Waals surface area contributed by atoms with E-state index in [-0.39, 0.29) is 36.8 Å².